The first-order chi connectivity index (χ1) is 11.1. The number of carbonyl (C=O) groups excluding carboxylic acids is 1. The van der Waals surface area contributed by atoms with Crippen LogP contribution in [0.5, 0.6) is 5.75 Å². The molecule has 2 rings (SSSR count). The first-order valence-electron chi connectivity index (χ1n) is 7.32. The molecule has 0 saturated heterocycles. The lowest BCUT2D eigenvalue weighted by atomic mass is 10.2. The van der Waals surface area contributed by atoms with E-state index >= 15 is 0 Å². The Kier molecular flexibility index (Phi) is 5.70. The summed E-state index contributed by atoms with van der Waals surface area (Å²) in [5.41, 5.74) is -0.153. The standard InChI is InChI=1S/C16H19NO6/c1-3-9-22-14-5-4-6-15(14)23-13-8-7-11(16(18)21-2)10-12(13)17(19)20/h3,7-8,10,14-15H,1,4-6,9H2,2H3/t14-,15-/m1/s1. The number of nitro benzene ring substituents is 1. The van der Waals surface area contributed by atoms with E-state index in [9.17, 15) is 14.9 Å². The topological polar surface area (TPSA) is 87.9 Å². The number of benzene rings is 1. The van der Waals surface area contributed by atoms with Crippen molar-refractivity contribution in [3.05, 3.63) is 46.5 Å². The monoisotopic (exact) mass is 321 g/mol. The maximum absolute atomic E-state index is 11.5. The van der Waals surface area contributed by atoms with E-state index in [4.69, 9.17) is 9.47 Å². The third-order valence-corrected chi connectivity index (χ3v) is 3.68. The molecule has 0 radical (unpaired) electrons. The van der Waals surface area contributed by atoms with Gasteiger partial charge in [-0.3, -0.25) is 10.1 Å². The third-order valence-electron chi connectivity index (χ3n) is 3.68. The Bertz CT molecular complexity index is 600. The summed E-state index contributed by atoms with van der Waals surface area (Å²) in [5.74, 6) is -0.505. The fourth-order valence-electron chi connectivity index (χ4n) is 2.58. The predicted molar refractivity (Wildman–Crippen MR) is 82.6 cm³/mol. The van der Waals surface area contributed by atoms with Crippen molar-refractivity contribution in [3.63, 3.8) is 0 Å². The van der Waals surface area contributed by atoms with Crippen LogP contribution in [-0.4, -0.2) is 36.8 Å². The molecule has 124 valence electrons. The number of rotatable bonds is 7. The molecule has 0 amide bonds. The van der Waals surface area contributed by atoms with Crippen molar-refractivity contribution in [3.8, 4) is 5.75 Å². The molecule has 0 aromatic heterocycles. The van der Waals surface area contributed by atoms with Gasteiger partial charge < -0.3 is 14.2 Å². The van der Waals surface area contributed by atoms with Crippen molar-refractivity contribution >= 4 is 11.7 Å². The quantitative estimate of drug-likeness (QED) is 0.332. The lowest BCUT2D eigenvalue weighted by Gasteiger charge is -2.21. The summed E-state index contributed by atoms with van der Waals surface area (Å²) in [7, 11) is 1.22. The number of methoxy groups -OCH3 is 1. The summed E-state index contributed by atoms with van der Waals surface area (Å²) in [6.07, 6.45) is 3.82. The van der Waals surface area contributed by atoms with Crippen LogP contribution in [0.4, 0.5) is 5.69 Å². The van der Waals surface area contributed by atoms with E-state index in [1.807, 2.05) is 0 Å². The van der Waals surface area contributed by atoms with Gasteiger partial charge in [0.25, 0.3) is 0 Å². The number of hydrogen-bond donors (Lipinski definition) is 0. The normalized spacial score (nSPS) is 20.0. The second kappa shape index (κ2) is 7.73. The summed E-state index contributed by atoms with van der Waals surface area (Å²) in [6, 6.07) is 4.03. The highest BCUT2D eigenvalue weighted by molar-refractivity contribution is 5.90. The summed E-state index contributed by atoms with van der Waals surface area (Å²) < 4.78 is 16.0. The molecule has 1 aliphatic carbocycles. The Balaban J connectivity index is 2.20. The van der Waals surface area contributed by atoms with E-state index in [0.29, 0.717) is 6.61 Å². The average molecular weight is 321 g/mol. The van der Waals surface area contributed by atoms with Crippen LogP contribution in [0.1, 0.15) is 29.6 Å². The van der Waals surface area contributed by atoms with Gasteiger partial charge in [-0.05, 0) is 31.4 Å². The fourth-order valence-corrected chi connectivity index (χ4v) is 2.58. The van der Waals surface area contributed by atoms with Crippen LogP contribution < -0.4 is 4.74 Å². The maximum atomic E-state index is 11.5. The van der Waals surface area contributed by atoms with Crippen LogP contribution in [0, 0.1) is 10.1 Å². The van der Waals surface area contributed by atoms with Gasteiger partial charge in [0.1, 0.15) is 6.10 Å². The Hall–Kier alpha value is -2.41. The zero-order valence-corrected chi connectivity index (χ0v) is 12.9. The SMILES string of the molecule is C=CCO[C@@H]1CCC[C@H]1Oc1ccc(C(=O)OC)cc1[N+](=O)[O-]. The number of nitro groups is 1. The summed E-state index contributed by atoms with van der Waals surface area (Å²) in [6.45, 7) is 4.01. The van der Waals surface area contributed by atoms with Gasteiger partial charge in [0.05, 0.1) is 30.3 Å². The molecule has 1 saturated carbocycles. The van der Waals surface area contributed by atoms with Crippen LogP contribution in [0.25, 0.3) is 0 Å². The minimum Gasteiger partial charge on any atom is -0.481 e. The molecule has 0 spiro atoms. The van der Waals surface area contributed by atoms with E-state index in [1.165, 1.54) is 19.2 Å². The zero-order valence-electron chi connectivity index (χ0n) is 12.9. The smallest absolute Gasteiger partial charge is 0.338 e. The largest absolute Gasteiger partial charge is 0.481 e. The van der Waals surface area contributed by atoms with Gasteiger partial charge in [-0.15, -0.1) is 6.58 Å². The Morgan fingerprint density at radius 2 is 2.17 bits per heavy atom. The number of ether oxygens (including phenoxy) is 3. The molecular weight excluding hydrogens is 302 g/mol. The molecule has 0 heterocycles. The van der Waals surface area contributed by atoms with Gasteiger partial charge in [0, 0.05) is 6.07 Å². The van der Waals surface area contributed by atoms with Crippen LogP contribution in [0.15, 0.2) is 30.9 Å². The molecule has 7 heteroatoms. The van der Waals surface area contributed by atoms with Crippen LogP contribution in [0.3, 0.4) is 0 Å². The lowest BCUT2D eigenvalue weighted by molar-refractivity contribution is -0.386. The van der Waals surface area contributed by atoms with E-state index < -0.39 is 10.9 Å². The van der Waals surface area contributed by atoms with Gasteiger partial charge in [0.15, 0.2) is 5.75 Å². The van der Waals surface area contributed by atoms with Crippen LogP contribution >= 0.6 is 0 Å². The summed E-state index contributed by atoms with van der Waals surface area (Å²) >= 11 is 0. The number of esters is 1. The first-order valence-corrected chi connectivity index (χ1v) is 7.32. The highest BCUT2D eigenvalue weighted by Crippen LogP contribution is 2.33. The zero-order chi connectivity index (χ0) is 16.8. The highest BCUT2D eigenvalue weighted by Gasteiger charge is 2.31. The lowest BCUT2D eigenvalue weighted by Crippen LogP contribution is -2.29. The number of carbonyl (C=O) groups is 1. The van der Waals surface area contributed by atoms with E-state index in [0.717, 1.165) is 25.3 Å². The molecule has 1 fully saturated rings. The Labute approximate surface area is 134 Å². The molecular formula is C16H19NO6. The van der Waals surface area contributed by atoms with Gasteiger partial charge in [-0.2, -0.15) is 0 Å². The van der Waals surface area contributed by atoms with Crippen molar-refractivity contribution in [1.82, 2.24) is 0 Å². The number of hydrogen-bond acceptors (Lipinski definition) is 6. The third kappa shape index (κ3) is 4.07. The fraction of sp³-hybridized carbons (Fsp3) is 0.438. The number of nitrogens with zero attached hydrogens (tertiary/aromatic N) is 1. The van der Waals surface area contributed by atoms with Crippen molar-refractivity contribution in [2.45, 2.75) is 31.5 Å². The maximum Gasteiger partial charge on any atom is 0.338 e. The molecule has 1 aromatic rings. The van der Waals surface area contributed by atoms with Crippen molar-refractivity contribution < 1.29 is 23.9 Å². The predicted octanol–water partition coefficient (Wildman–Crippen LogP) is 2.88. The molecule has 0 N–H and O–H groups in total. The highest BCUT2D eigenvalue weighted by atomic mass is 16.6. The Morgan fingerprint density at radius 3 is 2.83 bits per heavy atom. The second-order valence-electron chi connectivity index (χ2n) is 5.18. The van der Waals surface area contributed by atoms with Gasteiger partial charge in [0.2, 0.25) is 0 Å². The van der Waals surface area contributed by atoms with Gasteiger partial charge >= 0.3 is 11.7 Å². The van der Waals surface area contributed by atoms with Crippen LogP contribution in [0.2, 0.25) is 0 Å². The van der Waals surface area contributed by atoms with Gasteiger partial charge in [-0.1, -0.05) is 6.08 Å². The van der Waals surface area contributed by atoms with Gasteiger partial charge in [-0.25, -0.2) is 4.79 Å². The van der Waals surface area contributed by atoms with E-state index in [1.54, 1.807) is 6.08 Å². The van der Waals surface area contributed by atoms with Crippen molar-refractivity contribution in [1.29, 1.82) is 0 Å². The molecule has 2 atom stereocenters. The van der Waals surface area contributed by atoms with Crippen LogP contribution in [-0.2, 0) is 9.47 Å². The summed E-state index contributed by atoms with van der Waals surface area (Å²) in [4.78, 5) is 22.2. The second-order valence-corrected chi connectivity index (χ2v) is 5.18. The van der Waals surface area contributed by atoms with E-state index in [2.05, 4.69) is 11.3 Å². The summed E-state index contributed by atoms with van der Waals surface area (Å²) in [5, 5.41) is 11.2. The molecule has 0 aliphatic heterocycles. The molecule has 23 heavy (non-hydrogen) atoms. The van der Waals surface area contributed by atoms with Crippen molar-refractivity contribution in [2.75, 3.05) is 13.7 Å². The first kappa shape index (κ1) is 17.0. The van der Waals surface area contributed by atoms with E-state index in [-0.39, 0.29) is 29.2 Å². The molecule has 1 aromatic carbocycles. The average Bonchev–Trinajstić information content (AvgIpc) is 2.99. The Morgan fingerprint density at radius 1 is 1.43 bits per heavy atom. The molecule has 1 aliphatic rings. The minimum atomic E-state index is -0.632. The molecule has 0 unspecified atom stereocenters. The molecule has 0 bridgehead atoms. The minimum absolute atomic E-state index is 0.109. The van der Waals surface area contributed by atoms with Crippen molar-refractivity contribution in [2.24, 2.45) is 0 Å². The molecule has 7 nitrogen and oxygen atoms in total.